The normalized spacial score (nSPS) is 22.2. The van der Waals surface area contributed by atoms with Gasteiger partial charge in [0.25, 0.3) is 5.91 Å². The zero-order chi connectivity index (χ0) is 22.5. The van der Waals surface area contributed by atoms with Gasteiger partial charge in [-0.15, -0.1) is 0 Å². The van der Waals surface area contributed by atoms with Crippen molar-refractivity contribution in [3.05, 3.63) is 42.1 Å². The lowest BCUT2D eigenvalue weighted by Gasteiger charge is -2.41. The molecule has 1 aliphatic carbocycles. The van der Waals surface area contributed by atoms with E-state index in [2.05, 4.69) is 10.3 Å². The summed E-state index contributed by atoms with van der Waals surface area (Å²) < 4.78 is 5.10. The minimum atomic E-state index is -0.209. The maximum atomic E-state index is 13.3. The summed E-state index contributed by atoms with van der Waals surface area (Å²) in [7, 11) is 1.49. The number of fused-ring (bicyclic) bond motifs is 2. The SMILES string of the molecule is COCC(=O)N1CCN(C(=O)c2ccc3ncccc3c2)CCNC(=O)[C@H]2CCCC[C@H]21. The smallest absolute Gasteiger partial charge is 0.253 e. The summed E-state index contributed by atoms with van der Waals surface area (Å²) in [6, 6.07) is 9.07. The van der Waals surface area contributed by atoms with Crippen molar-refractivity contribution < 1.29 is 19.1 Å². The molecule has 1 N–H and O–H groups in total. The molecule has 0 bridgehead atoms. The second-order valence-electron chi connectivity index (χ2n) is 8.47. The van der Waals surface area contributed by atoms with Crippen molar-refractivity contribution in [2.24, 2.45) is 5.92 Å². The van der Waals surface area contributed by atoms with Gasteiger partial charge in [-0.05, 0) is 37.1 Å². The van der Waals surface area contributed by atoms with Gasteiger partial charge in [-0.25, -0.2) is 0 Å². The Morgan fingerprint density at radius 1 is 1.16 bits per heavy atom. The van der Waals surface area contributed by atoms with Crippen molar-refractivity contribution in [1.29, 1.82) is 0 Å². The predicted molar refractivity (Wildman–Crippen MR) is 120 cm³/mol. The first-order valence-corrected chi connectivity index (χ1v) is 11.3. The lowest BCUT2D eigenvalue weighted by molar-refractivity contribution is -0.142. The van der Waals surface area contributed by atoms with Gasteiger partial charge in [0.15, 0.2) is 0 Å². The highest BCUT2D eigenvalue weighted by atomic mass is 16.5. The van der Waals surface area contributed by atoms with Crippen molar-refractivity contribution in [2.75, 3.05) is 39.9 Å². The molecule has 2 heterocycles. The predicted octanol–water partition coefficient (Wildman–Crippen LogP) is 1.84. The van der Waals surface area contributed by atoms with E-state index in [4.69, 9.17) is 4.74 Å². The van der Waals surface area contributed by atoms with E-state index >= 15 is 0 Å². The fourth-order valence-corrected chi connectivity index (χ4v) is 4.85. The summed E-state index contributed by atoms with van der Waals surface area (Å²) in [6.07, 6.45) is 5.27. The number of aromatic nitrogens is 1. The molecular formula is C24H30N4O4. The largest absolute Gasteiger partial charge is 0.375 e. The summed E-state index contributed by atoms with van der Waals surface area (Å²) >= 11 is 0. The number of hydrogen-bond donors (Lipinski definition) is 1. The van der Waals surface area contributed by atoms with Crippen molar-refractivity contribution in [1.82, 2.24) is 20.1 Å². The highest BCUT2D eigenvalue weighted by Gasteiger charge is 2.37. The van der Waals surface area contributed by atoms with Crippen LogP contribution in [0.2, 0.25) is 0 Å². The quantitative estimate of drug-likeness (QED) is 0.790. The monoisotopic (exact) mass is 438 g/mol. The topological polar surface area (TPSA) is 91.8 Å². The number of benzene rings is 1. The molecule has 32 heavy (non-hydrogen) atoms. The van der Waals surface area contributed by atoms with E-state index in [0.717, 1.165) is 36.6 Å². The fourth-order valence-electron chi connectivity index (χ4n) is 4.85. The highest BCUT2D eigenvalue weighted by molar-refractivity contribution is 5.98. The van der Waals surface area contributed by atoms with Crippen LogP contribution in [0.25, 0.3) is 10.9 Å². The average molecular weight is 439 g/mol. The average Bonchev–Trinajstić information content (AvgIpc) is 2.82. The summed E-state index contributed by atoms with van der Waals surface area (Å²) in [5, 5.41) is 3.89. The lowest BCUT2D eigenvalue weighted by Crippen LogP contribution is -2.56. The van der Waals surface area contributed by atoms with Gasteiger partial charge in [0.2, 0.25) is 11.8 Å². The first-order chi connectivity index (χ1) is 15.6. The molecule has 8 heteroatoms. The number of nitrogens with zero attached hydrogens (tertiary/aromatic N) is 3. The molecule has 170 valence electrons. The molecule has 2 fully saturated rings. The molecular weight excluding hydrogens is 408 g/mol. The molecule has 0 unspecified atom stereocenters. The van der Waals surface area contributed by atoms with Crippen LogP contribution in [-0.2, 0) is 14.3 Å². The molecule has 1 aromatic carbocycles. The number of carbonyl (C=O) groups excluding carboxylic acids is 3. The van der Waals surface area contributed by atoms with Crippen LogP contribution >= 0.6 is 0 Å². The van der Waals surface area contributed by atoms with Crippen LogP contribution in [0.5, 0.6) is 0 Å². The number of amides is 3. The highest BCUT2D eigenvalue weighted by Crippen LogP contribution is 2.29. The van der Waals surface area contributed by atoms with E-state index in [-0.39, 0.29) is 36.3 Å². The summed E-state index contributed by atoms with van der Waals surface area (Å²) in [6.45, 7) is 1.54. The van der Waals surface area contributed by atoms with E-state index in [1.54, 1.807) is 22.1 Å². The Labute approximate surface area is 187 Å². The zero-order valence-electron chi connectivity index (χ0n) is 18.5. The molecule has 0 spiro atoms. The number of ether oxygens (including phenoxy) is 1. The summed E-state index contributed by atoms with van der Waals surface area (Å²) in [5.41, 5.74) is 1.40. The van der Waals surface area contributed by atoms with Gasteiger partial charge in [0.1, 0.15) is 6.61 Å². The maximum Gasteiger partial charge on any atom is 0.253 e. The Morgan fingerprint density at radius 3 is 2.84 bits per heavy atom. The lowest BCUT2D eigenvalue weighted by atomic mass is 9.82. The van der Waals surface area contributed by atoms with Gasteiger partial charge in [-0.3, -0.25) is 19.4 Å². The molecule has 3 amide bonds. The van der Waals surface area contributed by atoms with Crippen LogP contribution < -0.4 is 5.32 Å². The molecule has 1 saturated carbocycles. The number of pyridine rings is 1. The Morgan fingerprint density at radius 2 is 2.00 bits per heavy atom. The van der Waals surface area contributed by atoms with E-state index in [9.17, 15) is 14.4 Å². The Bertz CT molecular complexity index is 995. The third-order valence-corrected chi connectivity index (χ3v) is 6.48. The number of nitrogens with one attached hydrogen (secondary N) is 1. The third kappa shape index (κ3) is 4.75. The molecule has 8 nitrogen and oxygen atoms in total. The molecule has 1 aliphatic heterocycles. The zero-order valence-corrected chi connectivity index (χ0v) is 18.5. The summed E-state index contributed by atoms with van der Waals surface area (Å²) in [5.74, 6) is -0.498. The second kappa shape index (κ2) is 10.1. The first-order valence-electron chi connectivity index (χ1n) is 11.3. The van der Waals surface area contributed by atoms with E-state index in [0.29, 0.717) is 31.7 Å². The fraction of sp³-hybridized carbons (Fsp3) is 0.500. The number of carbonyl (C=O) groups is 3. The van der Waals surface area contributed by atoms with Crippen LogP contribution in [-0.4, -0.2) is 78.4 Å². The van der Waals surface area contributed by atoms with E-state index < -0.39 is 0 Å². The van der Waals surface area contributed by atoms with E-state index in [1.807, 2.05) is 24.3 Å². The third-order valence-electron chi connectivity index (χ3n) is 6.48. The molecule has 2 aromatic rings. The number of rotatable bonds is 3. The maximum absolute atomic E-state index is 13.3. The number of hydrogen-bond acceptors (Lipinski definition) is 5. The van der Waals surface area contributed by atoms with Gasteiger partial charge in [0.05, 0.1) is 11.4 Å². The molecule has 1 aromatic heterocycles. The standard InChI is InChI=1S/C24H30N4O4/c1-32-16-22(29)28-14-13-27(12-11-26-23(30)19-6-2-3-7-21(19)28)24(31)18-8-9-20-17(15-18)5-4-10-25-20/h4-5,8-10,15,19,21H,2-3,6-7,11-14,16H2,1H3,(H,26,30)/t19-,21+/m0/s1. The van der Waals surface area contributed by atoms with Gasteiger partial charge >= 0.3 is 0 Å². The number of methoxy groups -OCH3 is 1. The molecule has 1 saturated heterocycles. The minimum absolute atomic E-state index is 0.0313. The van der Waals surface area contributed by atoms with Crippen molar-refractivity contribution in [2.45, 2.75) is 31.7 Å². The molecule has 4 rings (SSSR count). The van der Waals surface area contributed by atoms with Crippen LogP contribution in [0.1, 0.15) is 36.0 Å². The van der Waals surface area contributed by atoms with Gasteiger partial charge in [-0.1, -0.05) is 18.9 Å². The van der Waals surface area contributed by atoms with Gasteiger partial charge < -0.3 is 19.9 Å². The minimum Gasteiger partial charge on any atom is -0.375 e. The van der Waals surface area contributed by atoms with Crippen LogP contribution in [0.4, 0.5) is 0 Å². The Kier molecular flexibility index (Phi) is 6.99. The van der Waals surface area contributed by atoms with Crippen LogP contribution in [0.15, 0.2) is 36.5 Å². The Hall–Kier alpha value is -3.00. The second-order valence-corrected chi connectivity index (χ2v) is 8.47. The first kappa shape index (κ1) is 22.2. The summed E-state index contributed by atoms with van der Waals surface area (Å²) in [4.78, 5) is 46.9. The molecule has 2 aliphatic rings. The van der Waals surface area contributed by atoms with Gasteiger partial charge in [-0.2, -0.15) is 0 Å². The van der Waals surface area contributed by atoms with Crippen LogP contribution in [0.3, 0.4) is 0 Å². The molecule has 0 radical (unpaired) electrons. The Balaban J connectivity index is 1.58. The van der Waals surface area contributed by atoms with E-state index in [1.165, 1.54) is 7.11 Å². The van der Waals surface area contributed by atoms with Crippen molar-refractivity contribution in [3.8, 4) is 0 Å². The van der Waals surface area contributed by atoms with Crippen molar-refractivity contribution >= 4 is 28.6 Å². The van der Waals surface area contributed by atoms with Crippen molar-refractivity contribution in [3.63, 3.8) is 0 Å². The van der Waals surface area contributed by atoms with Gasteiger partial charge in [0, 0.05) is 56.5 Å². The van der Waals surface area contributed by atoms with Crippen LogP contribution in [0, 0.1) is 5.92 Å². The molecule has 2 atom stereocenters.